The van der Waals surface area contributed by atoms with E-state index in [-0.39, 0.29) is 23.6 Å². The average Bonchev–Trinajstić information content (AvgIpc) is 2.38. The maximum absolute atomic E-state index is 11.7. The Hall–Kier alpha value is -1.56. The van der Waals surface area contributed by atoms with Gasteiger partial charge in [-0.2, -0.15) is 4.98 Å². The Kier molecular flexibility index (Phi) is 5.00. The molecule has 6 nitrogen and oxygen atoms in total. The molecule has 0 N–H and O–H groups in total. The predicted octanol–water partition coefficient (Wildman–Crippen LogP) is 2.52. The molecule has 20 heavy (non-hydrogen) atoms. The van der Waals surface area contributed by atoms with Crippen LogP contribution in [-0.4, -0.2) is 46.3 Å². The predicted molar refractivity (Wildman–Crippen MR) is 73.9 cm³/mol. The summed E-state index contributed by atoms with van der Waals surface area (Å²) in [6.45, 7) is 4.92. The first-order valence-electron chi connectivity index (χ1n) is 6.65. The summed E-state index contributed by atoms with van der Waals surface area (Å²) in [4.78, 5) is 21.2. The number of amides is 1. The lowest BCUT2D eigenvalue weighted by Crippen LogP contribution is -2.42. The minimum Gasteiger partial charge on any atom is -0.474 e. The SMILES string of the molecule is CC(C)OC(=O)N1CCC(Oc2ccnc(Cl)n2)CC1. The third-order valence-electron chi connectivity index (χ3n) is 2.92. The summed E-state index contributed by atoms with van der Waals surface area (Å²) in [6, 6.07) is 1.67. The van der Waals surface area contributed by atoms with Crippen LogP contribution in [0.25, 0.3) is 0 Å². The van der Waals surface area contributed by atoms with Gasteiger partial charge in [-0.25, -0.2) is 9.78 Å². The van der Waals surface area contributed by atoms with Crippen LogP contribution >= 0.6 is 11.6 Å². The molecule has 0 aliphatic carbocycles. The maximum atomic E-state index is 11.7. The second-order valence-electron chi connectivity index (χ2n) is 4.90. The van der Waals surface area contributed by atoms with Gasteiger partial charge in [-0.15, -0.1) is 0 Å². The fourth-order valence-electron chi connectivity index (χ4n) is 1.99. The molecule has 0 unspecified atom stereocenters. The highest BCUT2D eigenvalue weighted by atomic mass is 35.5. The van der Waals surface area contributed by atoms with Crippen molar-refractivity contribution in [2.45, 2.75) is 38.9 Å². The van der Waals surface area contributed by atoms with E-state index in [2.05, 4.69) is 9.97 Å². The molecule has 0 saturated carbocycles. The Bertz CT molecular complexity index is 462. The highest BCUT2D eigenvalue weighted by Gasteiger charge is 2.25. The van der Waals surface area contributed by atoms with Gasteiger partial charge in [0, 0.05) is 38.2 Å². The van der Waals surface area contributed by atoms with Crippen molar-refractivity contribution in [1.29, 1.82) is 0 Å². The number of aromatic nitrogens is 2. The Labute approximate surface area is 123 Å². The molecule has 2 rings (SSSR count). The van der Waals surface area contributed by atoms with Crippen molar-refractivity contribution in [2.24, 2.45) is 0 Å². The highest BCUT2D eigenvalue weighted by Crippen LogP contribution is 2.18. The largest absolute Gasteiger partial charge is 0.474 e. The molecular weight excluding hydrogens is 282 g/mol. The van der Waals surface area contributed by atoms with E-state index in [9.17, 15) is 4.79 Å². The van der Waals surface area contributed by atoms with Crippen molar-refractivity contribution in [3.05, 3.63) is 17.5 Å². The Balaban J connectivity index is 1.81. The van der Waals surface area contributed by atoms with Crippen molar-refractivity contribution in [2.75, 3.05) is 13.1 Å². The summed E-state index contributed by atoms with van der Waals surface area (Å²) in [7, 11) is 0. The van der Waals surface area contributed by atoms with Gasteiger partial charge in [-0.3, -0.25) is 0 Å². The number of ether oxygens (including phenoxy) is 2. The van der Waals surface area contributed by atoms with E-state index in [1.54, 1.807) is 17.2 Å². The molecule has 1 amide bonds. The molecule has 1 fully saturated rings. The van der Waals surface area contributed by atoms with Crippen LogP contribution in [0, 0.1) is 0 Å². The van der Waals surface area contributed by atoms with E-state index in [1.807, 2.05) is 13.8 Å². The second-order valence-corrected chi connectivity index (χ2v) is 5.24. The standard InChI is InChI=1S/C13H18ClN3O3/c1-9(2)19-13(18)17-7-4-10(5-8-17)20-11-3-6-15-12(14)16-11/h3,6,9-10H,4-5,7-8H2,1-2H3. The monoisotopic (exact) mass is 299 g/mol. The van der Waals surface area contributed by atoms with Gasteiger partial charge >= 0.3 is 6.09 Å². The molecule has 110 valence electrons. The van der Waals surface area contributed by atoms with E-state index in [4.69, 9.17) is 21.1 Å². The van der Waals surface area contributed by atoms with Crippen LogP contribution < -0.4 is 4.74 Å². The lowest BCUT2D eigenvalue weighted by molar-refractivity contribution is 0.0507. The normalized spacial score (nSPS) is 16.3. The lowest BCUT2D eigenvalue weighted by atomic mass is 10.1. The number of halogens is 1. The van der Waals surface area contributed by atoms with E-state index < -0.39 is 0 Å². The van der Waals surface area contributed by atoms with Crippen molar-refractivity contribution < 1.29 is 14.3 Å². The fraction of sp³-hybridized carbons (Fsp3) is 0.615. The molecule has 2 heterocycles. The first-order valence-corrected chi connectivity index (χ1v) is 7.03. The van der Waals surface area contributed by atoms with Crippen molar-refractivity contribution in [3.8, 4) is 5.88 Å². The maximum Gasteiger partial charge on any atom is 0.410 e. The highest BCUT2D eigenvalue weighted by molar-refractivity contribution is 6.28. The van der Waals surface area contributed by atoms with Gasteiger partial charge in [-0.1, -0.05) is 0 Å². The summed E-state index contributed by atoms with van der Waals surface area (Å²) in [5, 5.41) is 0.167. The van der Waals surface area contributed by atoms with Crippen molar-refractivity contribution in [3.63, 3.8) is 0 Å². The molecule has 0 radical (unpaired) electrons. The quantitative estimate of drug-likeness (QED) is 0.802. The van der Waals surface area contributed by atoms with Gasteiger partial charge in [-0.05, 0) is 25.4 Å². The lowest BCUT2D eigenvalue weighted by Gasteiger charge is -2.31. The number of carbonyl (C=O) groups is 1. The van der Waals surface area contributed by atoms with Crippen LogP contribution in [0.2, 0.25) is 5.28 Å². The summed E-state index contributed by atoms with van der Waals surface area (Å²) < 4.78 is 10.9. The van der Waals surface area contributed by atoms with Gasteiger partial charge in [0.25, 0.3) is 0 Å². The smallest absolute Gasteiger partial charge is 0.410 e. The van der Waals surface area contributed by atoms with Crippen LogP contribution in [-0.2, 0) is 4.74 Å². The van der Waals surface area contributed by atoms with Gasteiger partial charge in [0.05, 0.1) is 6.10 Å². The molecule has 7 heteroatoms. The molecule has 1 aliphatic heterocycles. The number of hydrogen-bond acceptors (Lipinski definition) is 5. The minimum atomic E-state index is -0.261. The van der Waals surface area contributed by atoms with Gasteiger partial charge in [0.15, 0.2) is 0 Å². The fourth-order valence-corrected chi connectivity index (χ4v) is 2.13. The third-order valence-corrected chi connectivity index (χ3v) is 3.11. The molecule has 1 saturated heterocycles. The number of nitrogens with zero attached hydrogens (tertiary/aromatic N) is 3. The number of piperidine rings is 1. The molecule has 0 atom stereocenters. The Morgan fingerprint density at radius 2 is 2.15 bits per heavy atom. The van der Waals surface area contributed by atoms with Crippen LogP contribution in [0.3, 0.4) is 0 Å². The number of hydrogen-bond donors (Lipinski definition) is 0. The number of likely N-dealkylation sites (tertiary alicyclic amines) is 1. The minimum absolute atomic E-state index is 0.0315. The van der Waals surface area contributed by atoms with Crippen LogP contribution in [0.15, 0.2) is 12.3 Å². The first-order chi connectivity index (χ1) is 9.54. The van der Waals surface area contributed by atoms with Crippen LogP contribution in [0.1, 0.15) is 26.7 Å². The molecule has 0 aromatic carbocycles. The number of rotatable bonds is 3. The molecule has 0 spiro atoms. The Morgan fingerprint density at radius 3 is 2.75 bits per heavy atom. The summed E-state index contributed by atoms with van der Waals surface area (Å²) in [6.07, 6.45) is 2.72. The summed E-state index contributed by atoms with van der Waals surface area (Å²) in [5.74, 6) is 0.466. The molecule has 1 aromatic rings. The van der Waals surface area contributed by atoms with Crippen molar-refractivity contribution >= 4 is 17.7 Å². The van der Waals surface area contributed by atoms with Gasteiger partial charge in [0.2, 0.25) is 11.2 Å². The third kappa shape index (κ3) is 4.23. The molecular formula is C13H18ClN3O3. The van der Waals surface area contributed by atoms with E-state index >= 15 is 0 Å². The zero-order valence-electron chi connectivity index (χ0n) is 11.6. The van der Waals surface area contributed by atoms with E-state index in [0.29, 0.717) is 19.0 Å². The van der Waals surface area contributed by atoms with Gasteiger partial charge in [0.1, 0.15) is 6.10 Å². The average molecular weight is 300 g/mol. The zero-order valence-corrected chi connectivity index (χ0v) is 12.3. The van der Waals surface area contributed by atoms with E-state index in [0.717, 1.165) is 12.8 Å². The van der Waals surface area contributed by atoms with Gasteiger partial charge < -0.3 is 14.4 Å². The van der Waals surface area contributed by atoms with Crippen molar-refractivity contribution in [1.82, 2.24) is 14.9 Å². The van der Waals surface area contributed by atoms with Crippen LogP contribution in [0.5, 0.6) is 5.88 Å². The topological polar surface area (TPSA) is 64.5 Å². The second kappa shape index (κ2) is 6.74. The number of carbonyl (C=O) groups excluding carboxylic acids is 1. The van der Waals surface area contributed by atoms with Crippen LogP contribution in [0.4, 0.5) is 4.79 Å². The molecule has 0 bridgehead atoms. The molecule has 1 aromatic heterocycles. The first kappa shape index (κ1) is 14.8. The summed E-state index contributed by atoms with van der Waals surface area (Å²) in [5.41, 5.74) is 0. The molecule has 1 aliphatic rings. The van der Waals surface area contributed by atoms with E-state index in [1.165, 1.54) is 0 Å². The summed E-state index contributed by atoms with van der Waals surface area (Å²) >= 11 is 5.70. The zero-order chi connectivity index (χ0) is 14.5. The Morgan fingerprint density at radius 1 is 1.45 bits per heavy atom.